The highest BCUT2D eigenvalue weighted by Crippen LogP contribution is 2.28. The molecule has 0 fully saturated rings. The van der Waals surface area contributed by atoms with E-state index in [0.717, 1.165) is 0 Å². The van der Waals surface area contributed by atoms with E-state index in [0.29, 0.717) is 29.5 Å². The summed E-state index contributed by atoms with van der Waals surface area (Å²) in [6, 6.07) is 4.45. The summed E-state index contributed by atoms with van der Waals surface area (Å²) in [5.74, 6) is 0.393. The summed E-state index contributed by atoms with van der Waals surface area (Å²) >= 11 is 0. The average Bonchev–Trinajstić information content (AvgIpc) is 2.39. The Morgan fingerprint density at radius 3 is 2.41 bits per heavy atom. The standard InChI is InChI=1S/C15H23N3O3.ClH/c1-9(2)7-12(16)15(20)18-11-5-6-13(17-10(3)19)14(8-11)21-4;/h5-6,8-9,12H,7,16H2,1-4H3,(H,17,19)(H,18,20);1H/t12-;/m0./s1. The van der Waals surface area contributed by atoms with Crippen LogP contribution in [0.2, 0.25) is 0 Å². The maximum absolute atomic E-state index is 12.0. The first-order chi connectivity index (χ1) is 9.83. The van der Waals surface area contributed by atoms with Gasteiger partial charge in [-0.05, 0) is 24.5 Å². The number of hydrogen-bond donors (Lipinski definition) is 3. The van der Waals surface area contributed by atoms with Crippen molar-refractivity contribution in [2.24, 2.45) is 11.7 Å². The van der Waals surface area contributed by atoms with Crippen LogP contribution < -0.4 is 21.1 Å². The van der Waals surface area contributed by atoms with E-state index in [9.17, 15) is 9.59 Å². The summed E-state index contributed by atoms with van der Waals surface area (Å²) < 4.78 is 5.20. The van der Waals surface area contributed by atoms with Crippen molar-refractivity contribution in [2.45, 2.75) is 33.2 Å². The van der Waals surface area contributed by atoms with Gasteiger partial charge in [0.1, 0.15) is 5.75 Å². The first kappa shape index (κ1) is 20.2. The molecule has 1 rings (SSSR count). The first-order valence-electron chi connectivity index (χ1n) is 6.85. The molecule has 0 saturated carbocycles. The summed E-state index contributed by atoms with van der Waals surface area (Å²) in [5, 5.41) is 5.40. The van der Waals surface area contributed by atoms with Gasteiger partial charge in [-0.2, -0.15) is 0 Å². The number of benzene rings is 1. The number of nitrogens with two attached hydrogens (primary N) is 1. The molecule has 124 valence electrons. The van der Waals surface area contributed by atoms with E-state index in [1.54, 1.807) is 18.2 Å². The van der Waals surface area contributed by atoms with Crippen molar-refractivity contribution in [3.05, 3.63) is 18.2 Å². The van der Waals surface area contributed by atoms with E-state index in [2.05, 4.69) is 10.6 Å². The number of carbonyl (C=O) groups is 2. The topological polar surface area (TPSA) is 93.4 Å². The minimum Gasteiger partial charge on any atom is -0.494 e. The number of carbonyl (C=O) groups excluding carboxylic acids is 2. The van der Waals surface area contributed by atoms with Crippen LogP contribution >= 0.6 is 12.4 Å². The van der Waals surface area contributed by atoms with E-state index in [1.807, 2.05) is 13.8 Å². The molecule has 0 radical (unpaired) electrons. The second-order valence-corrected chi connectivity index (χ2v) is 5.32. The summed E-state index contributed by atoms with van der Waals surface area (Å²) in [7, 11) is 1.50. The number of nitrogens with one attached hydrogen (secondary N) is 2. The Labute approximate surface area is 137 Å². The molecular formula is C15H24ClN3O3. The number of rotatable bonds is 6. The van der Waals surface area contributed by atoms with Crippen molar-refractivity contribution in [1.82, 2.24) is 0 Å². The largest absolute Gasteiger partial charge is 0.494 e. The third-order valence-corrected chi connectivity index (χ3v) is 2.84. The van der Waals surface area contributed by atoms with Crippen LogP contribution in [-0.4, -0.2) is 25.0 Å². The molecule has 1 aromatic rings. The van der Waals surface area contributed by atoms with Gasteiger partial charge in [-0.3, -0.25) is 9.59 Å². The fourth-order valence-electron chi connectivity index (χ4n) is 1.91. The highest BCUT2D eigenvalue weighted by atomic mass is 35.5. The predicted molar refractivity (Wildman–Crippen MR) is 90.6 cm³/mol. The van der Waals surface area contributed by atoms with Gasteiger partial charge in [-0.1, -0.05) is 13.8 Å². The Bertz CT molecular complexity index is 521. The molecule has 22 heavy (non-hydrogen) atoms. The third kappa shape index (κ3) is 6.32. The maximum Gasteiger partial charge on any atom is 0.241 e. The third-order valence-electron chi connectivity index (χ3n) is 2.84. The number of ether oxygens (including phenoxy) is 1. The molecule has 4 N–H and O–H groups in total. The Morgan fingerprint density at radius 2 is 1.91 bits per heavy atom. The van der Waals surface area contributed by atoms with E-state index in [-0.39, 0.29) is 24.2 Å². The van der Waals surface area contributed by atoms with Crippen LogP contribution in [0.3, 0.4) is 0 Å². The Morgan fingerprint density at radius 1 is 1.27 bits per heavy atom. The fourth-order valence-corrected chi connectivity index (χ4v) is 1.91. The van der Waals surface area contributed by atoms with E-state index in [1.165, 1.54) is 14.0 Å². The lowest BCUT2D eigenvalue weighted by Gasteiger charge is -2.15. The lowest BCUT2D eigenvalue weighted by Crippen LogP contribution is -2.36. The molecule has 1 aromatic carbocycles. The second-order valence-electron chi connectivity index (χ2n) is 5.32. The minimum atomic E-state index is -0.550. The van der Waals surface area contributed by atoms with Crippen molar-refractivity contribution in [3.63, 3.8) is 0 Å². The van der Waals surface area contributed by atoms with Gasteiger partial charge >= 0.3 is 0 Å². The fraction of sp³-hybridized carbons (Fsp3) is 0.467. The lowest BCUT2D eigenvalue weighted by atomic mass is 10.0. The van der Waals surface area contributed by atoms with Crippen LogP contribution in [0.25, 0.3) is 0 Å². The molecule has 0 heterocycles. The SMILES string of the molecule is COc1cc(NC(=O)[C@@H](N)CC(C)C)ccc1NC(C)=O.Cl. The van der Waals surface area contributed by atoms with Crippen molar-refractivity contribution >= 4 is 35.6 Å². The van der Waals surface area contributed by atoms with Gasteiger partial charge in [-0.15, -0.1) is 12.4 Å². The van der Waals surface area contributed by atoms with Gasteiger partial charge in [0.2, 0.25) is 11.8 Å². The van der Waals surface area contributed by atoms with Crippen LogP contribution in [0.1, 0.15) is 27.2 Å². The molecule has 2 amide bonds. The quantitative estimate of drug-likeness (QED) is 0.747. The van der Waals surface area contributed by atoms with Crippen LogP contribution in [0.15, 0.2) is 18.2 Å². The molecule has 0 aliphatic heterocycles. The normalized spacial score (nSPS) is 11.4. The van der Waals surface area contributed by atoms with Gasteiger partial charge < -0.3 is 21.1 Å². The molecule has 1 atom stereocenters. The number of halogens is 1. The van der Waals surface area contributed by atoms with Crippen LogP contribution in [0.4, 0.5) is 11.4 Å². The highest BCUT2D eigenvalue weighted by Gasteiger charge is 2.16. The van der Waals surface area contributed by atoms with Crippen molar-refractivity contribution < 1.29 is 14.3 Å². The Hall–Kier alpha value is -1.79. The smallest absolute Gasteiger partial charge is 0.241 e. The van der Waals surface area contributed by atoms with Gasteiger partial charge in [0.25, 0.3) is 0 Å². The average molecular weight is 330 g/mol. The second kappa shape index (κ2) is 9.27. The number of amides is 2. The van der Waals surface area contributed by atoms with Gasteiger partial charge in [-0.25, -0.2) is 0 Å². The van der Waals surface area contributed by atoms with Crippen LogP contribution in [-0.2, 0) is 9.59 Å². The molecular weight excluding hydrogens is 306 g/mol. The molecule has 0 unspecified atom stereocenters. The van der Waals surface area contributed by atoms with E-state index < -0.39 is 6.04 Å². The van der Waals surface area contributed by atoms with Gasteiger partial charge in [0.15, 0.2) is 0 Å². The van der Waals surface area contributed by atoms with Crippen molar-refractivity contribution in [1.29, 1.82) is 0 Å². The zero-order valence-electron chi connectivity index (χ0n) is 13.3. The van der Waals surface area contributed by atoms with Gasteiger partial charge in [0.05, 0.1) is 18.8 Å². The summed E-state index contributed by atoms with van der Waals surface area (Å²) in [6.07, 6.45) is 0.618. The molecule has 7 heteroatoms. The molecule has 0 spiro atoms. The maximum atomic E-state index is 12.0. The van der Waals surface area contributed by atoms with E-state index in [4.69, 9.17) is 10.5 Å². The molecule has 0 saturated heterocycles. The summed E-state index contributed by atoms with van der Waals surface area (Å²) in [4.78, 5) is 23.0. The number of anilines is 2. The molecule has 0 aliphatic rings. The monoisotopic (exact) mass is 329 g/mol. The summed E-state index contributed by atoms with van der Waals surface area (Å²) in [6.45, 7) is 5.44. The van der Waals surface area contributed by atoms with Crippen LogP contribution in [0.5, 0.6) is 5.75 Å². The molecule has 0 bridgehead atoms. The van der Waals surface area contributed by atoms with Crippen LogP contribution in [0, 0.1) is 5.92 Å². The van der Waals surface area contributed by atoms with Crippen molar-refractivity contribution in [3.8, 4) is 5.75 Å². The van der Waals surface area contributed by atoms with Crippen molar-refractivity contribution in [2.75, 3.05) is 17.7 Å². The first-order valence-corrected chi connectivity index (χ1v) is 6.85. The minimum absolute atomic E-state index is 0. The molecule has 0 aromatic heterocycles. The number of hydrogen-bond acceptors (Lipinski definition) is 4. The summed E-state index contributed by atoms with van der Waals surface area (Å²) in [5.41, 5.74) is 6.96. The highest BCUT2D eigenvalue weighted by molar-refractivity contribution is 5.96. The molecule has 0 aliphatic carbocycles. The van der Waals surface area contributed by atoms with Gasteiger partial charge in [0, 0.05) is 18.7 Å². The number of methoxy groups -OCH3 is 1. The Balaban J connectivity index is 0.00000441. The molecule has 6 nitrogen and oxygen atoms in total. The Kier molecular flexibility index (Phi) is 8.52. The zero-order chi connectivity index (χ0) is 16.0. The zero-order valence-corrected chi connectivity index (χ0v) is 14.1. The lowest BCUT2D eigenvalue weighted by molar-refractivity contribution is -0.117. The van der Waals surface area contributed by atoms with E-state index >= 15 is 0 Å². The predicted octanol–water partition coefficient (Wildman–Crippen LogP) is 2.39.